The predicted octanol–water partition coefficient (Wildman–Crippen LogP) is 3.33. The Morgan fingerprint density at radius 3 is 2.59 bits per heavy atom. The van der Waals surface area contributed by atoms with Crippen molar-refractivity contribution in [3.63, 3.8) is 0 Å². The van der Waals surface area contributed by atoms with Gasteiger partial charge in [-0.3, -0.25) is 19.3 Å². The third-order valence-electron chi connectivity index (χ3n) is 6.89. The van der Waals surface area contributed by atoms with Crippen molar-refractivity contribution < 1.29 is 23.2 Å². The van der Waals surface area contributed by atoms with Crippen LogP contribution in [0.25, 0.3) is 5.69 Å². The largest absolute Gasteiger partial charge is 0.393 e. The molecule has 15 heteroatoms. The smallest absolute Gasteiger partial charge is 0.247 e. The number of amides is 3. The molecule has 3 amide bonds. The first-order chi connectivity index (χ1) is 21.0. The Morgan fingerprint density at radius 1 is 1.09 bits per heavy atom. The van der Waals surface area contributed by atoms with E-state index in [4.69, 9.17) is 28.6 Å². The highest BCUT2D eigenvalue weighted by Gasteiger charge is 2.39. The second-order valence-electron chi connectivity index (χ2n) is 9.80. The minimum atomic E-state index is -1.35. The van der Waals surface area contributed by atoms with E-state index in [0.717, 1.165) is 11.0 Å². The van der Waals surface area contributed by atoms with Crippen molar-refractivity contribution in [2.75, 3.05) is 25.0 Å². The summed E-state index contributed by atoms with van der Waals surface area (Å²) in [7, 11) is 1.66. The van der Waals surface area contributed by atoms with Crippen molar-refractivity contribution in [3.05, 3.63) is 106 Å². The van der Waals surface area contributed by atoms with Gasteiger partial charge in [-0.05, 0) is 48.1 Å². The van der Waals surface area contributed by atoms with Crippen LogP contribution < -0.4 is 15.5 Å². The number of hydrogen-bond acceptors (Lipinski definition) is 7. The van der Waals surface area contributed by atoms with Crippen LogP contribution in [-0.2, 0) is 20.8 Å². The van der Waals surface area contributed by atoms with Gasteiger partial charge in [0.2, 0.25) is 17.7 Å². The Bertz CT molecular complexity index is 1770. The van der Waals surface area contributed by atoms with Crippen LogP contribution in [0.4, 0.5) is 14.5 Å². The molecule has 1 fully saturated rings. The molecule has 0 spiro atoms. The van der Waals surface area contributed by atoms with Crippen LogP contribution in [0.3, 0.4) is 0 Å². The number of hydrogen-bond donors (Lipinski definition) is 3. The van der Waals surface area contributed by atoms with Gasteiger partial charge in [0.25, 0.3) is 0 Å². The molecule has 226 valence electrons. The Labute approximate surface area is 259 Å². The van der Waals surface area contributed by atoms with Crippen LogP contribution in [-0.4, -0.2) is 69.5 Å². The maximum atomic E-state index is 14.7. The fourth-order valence-corrected chi connectivity index (χ4v) is 5.08. The molecule has 0 radical (unpaired) electrons. The summed E-state index contributed by atoms with van der Waals surface area (Å²) >= 11 is 12.2. The molecule has 2 heterocycles. The molecule has 44 heavy (non-hydrogen) atoms. The average molecular weight is 641 g/mol. The Kier molecular flexibility index (Phi) is 8.88. The van der Waals surface area contributed by atoms with E-state index in [-0.39, 0.29) is 33.6 Å². The topological polar surface area (TPSA) is 136 Å². The lowest BCUT2D eigenvalue weighted by Crippen LogP contribution is -2.60. The molecule has 2 aromatic carbocycles. The van der Waals surface area contributed by atoms with Crippen molar-refractivity contribution >= 4 is 52.3 Å². The lowest BCUT2D eigenvalue weighted by Gasteiger charge is -2.38. The fraction of sp³-hybridized carbons (Fsp3) is 0.172. The zero-order valence-electron chi connectivity index (χ0n) is 23.0. The number of carbonyl (C=O) groups excluding carboxylic acids is 3. The van der Waals surface area contributed by atoms with E-state index >= 15 is 0 Å². The number of piperazine rings is 1. The number of nitrogens with zero attached hydrogens (tertiary/aromatic N) is 5. The van der Waals surface area contributed by atoms with Gasteiger partial charge in [-0.25, -0.2) is 13.5 Å². The summed E-state index contributed by atoms with van der Waals surface area (Å²) in [6.07, 6.45) is 7.18. The standard InChI is InChI=1S/C29H24Cl2F2N8O3/c1-35-12-17-8-20(5-6-22(17)34)36-29(44)25(9-16-2-4-19(32)11-21(16)33)40-15-27(42)39(14-28(40)43)24-10-18(30)3-7-23(24)41-13-26(31)37-38-41/h2-8,10-13,25,34-35H,9,14-15H2,1H3,(H,36,44)/b17-12-,34-22?. The maximum absolute atomic E-state index is 14.7. The Balaban J connectivity index is 1.46. The van der Waals surface area contributed by atoms with Crippen LogP contribution in [0.1, 0.15) is 5.56 Å². The number of halogens is 4. The van der Waals surface area contributed by atoms with E-state index in [2.05, 4.69) is 20.9 Å². The van der Waals surface area contributed by atoms with E-state index in [1.807, 2.05) is 0 Å². The van der Waals surface area contributed by atoms with Crippen molar-refractivity contribution in [2.45, 2.75) is 12.5 Å². The molecular formula is C29H24Cl2F2N8O3. The molecule has 0 saturated carbocycles. The Hall–Kier alpha value is -4.88. The SMILES string of the molecule is CN/C=C1/C=C(NC(=O)C(Cc2ccc(F)cc2F)N2CC(=O)N(c3cc(Cl)ccc3-n3cc(Cl)nn3)CC2=O)C=CC1=N. The molecule has 1 atom stereocenters. The first kappa shape index (κ1) is 30.6. The molecule has 2 aliphatic rings. The number of carbonyl (C=O) groups is 3. The van der Waals surface area contributed by atoms with Crippen molar-refractivity contribution in [1.29, 1.82) is 5.41 Å². The highest BCUT2D eigenvalue weighted by atomic mass is 35.5. The first-order valence-corrected chi connectivity index (χ1v) is 13.9. The second kappa shape index (κ2) is 12.8. The highest BCUT2D eigenvalue weighted by molar-refractivity contribution is 6.31. The second-order valence-corrected chi connectivity index (χ2v) is 10.6. The molecule has 3 aromatic rings. The summed E-state index contributed by atoms with van der Waals surface area (Å²) in [4.78, 5) is 43.2. The lowest BCUT2D eigenvalue weighted by molar-refractivity contribution is -0.145. The molecule has 1 saturated heterocycles. The zero-order chi connectivity index (χ0) is 31.5. The average Bonchev–Trinajstić information content (AvgIpc) is 3.41. The number of rotatable bonds is 8. The molecule has 5 rings (SSSR count). The molecule has 1 aromatic heterocycles. The van der Waals surface area contributed by atoms with Crippen LogP contribution >= 0.6 is 23.2 Å². The molecule has 1 aliphatic heterocycles. The zero-order valence-corrected chi connectivity index (χ0v) is 24.5. The molecule has 11 nitrogen and oxygen atoms in total. The van der Waals surface area contributed by atoms with Gasteiger partial charge in [0, 0.05) is 42.0 Å². The highest BCUT2D eigenvalue weighted by Crippen LogP contribution is 2.30. The van der Waals surface area contributed by atoms with Crippen LogP contribution in [0.15, 0.2) is 78.3 Å². The van der Waals surface area contributed by atoms with Crippen LogP contribution in [0.5, 0.6) is 0 Å². The summed E-state index contributed by atoms with van der Waals surface area (Å²) in [5.41, 5.74) is 1.60. The van der Waals surface area contributed by atoms with Gasteiger partial charge in [0.1, 0.15) is 30.8 Å². The van der Waals surface area contributed by atoms with Crippen LogP contribution in [0.2, 0.25) is 10.2 Å². The third kappa shape index (κ3) is 6.53. The summed E-state index contributed by atoms with van der Waals surface area (Å²) in [6, 6.07) is 6.20. The summed E-state index contributed by atoms with van der Waals surface area (Å²) in [5.74, 6) is -3.58. The van der Waals surface area contributed by atoms with Gasteiger partial charge in [-0.15, -0.1) is 5.10 Å². The molecular weight excluding hydrogens is 617 g/mol. The van der Waals surface area contributed by atoms with Gasteiger partial charge in [0.15, 0.2) is 5.15 Å². The van der Waals surface area contributed by atoms with Gasteiger partial charge in [-0.2, -0.15) is 0 Å². The van der Waals surface area contributed by atoms with Gasteiger partial charge >= 0.3 is 0 Å². The normalized spacial score (nSPS) is 16.8. The fourth-order valence-electron chi connectivity index (χ4n) is 4.79. The van der Waals surface area contributed by atoms with E-state index in [9.17, 15) is 23.2 Å². The lowest BCUT2D eigenvalue weighted by atomic mass is 10.0. The quantitative estimate of drug-likeness (QED) is 0.346. The minimum Gasteiger partial charge on any atom is -0.393 e. The summed E-state index contributed by atoms with van der Waals surface area (Å²) in [6.45, 7) is -1.01. The van der Waals surface area contributed by atoms with E-state index in [1.165, 1.54) is 40.1 Å². The molecule has 3 N–H and O–H groups in total. The first-order valence-electron chi connectivity index (χ1n) is 13.1. The van der Waals surface area contributed by atoms with Gasteiger partial charge in [-0.1, -0.05) is 34.5 Å². The number of allylic oxidation sites excluding steroid dienone is 4. The van der Waals surface area contributed by atoms with Gasteiger partial charge < -0.3 is 20.9 Å². The third-order valence-corrected chi connectivity index (χ3v) is 7.30. The van der Waals surface area contributed by atoms with Gasteiger partial charge in [0.05, 0.1) is 23.3 Å². The summed E-state index contributed by atoms with van der Waals surface area (Å²) < 4.78 is 29.7. The minimum absolute atomic E-state index is 0.0277. The molecule has 0 bridgehead atoms. The van der Waals surface area contributed by atoms with Crippen molar-refractivity contribution in [1.82, 2.24) is 30.5 Å². The van der Waals surface area contributed by atoms with E-state index < -0.39 is 48.5 Å². The number of benzene rings is 2. The van der Waals surface area contributed by atoms with Crippen molar-refractivity contribution in [3.8, 4) is 5.69 Å². The van der Waals surface area contributed by atoms with E-state index in [1.54, 1.807) is 31.5 Å². The molecule has 1 unspecified atom stereocenters. The number of anilines is 1. The number of nitrogens with one attached hydrogen (secondary N) is 3. The predicted molar refractivity (Wildman–Crippen MR) is 160 cm³/mol. The summed E-state index contributed by atoms with van der Waals surface area (Å²) in [5, 5.41) is 21.6. The monoisotopic (exact) mass is 640 g/mol. The van der Waals surface area contributed by atoms with E-state index in [0.29, 0.717) is 23.0 Å². The molecule has 1 aliphatic carbocycles. The number of aromatic nitrogens is 3. The van der Waals surface area contributed by atoms with Crippen LogP contribution in [0, 0.1) is 17.0 Å². The Morgan fingerprint density at radius 2 is 1.89 bits per heavy atom. The maximum Gasteiger partial charge on any atom is 0.247 e. The van der Waals surface area contributed by atoms with Crippen molar-refractivity contribution in [2.24, 2.45) is 0 Å².